The molecule has 33 heavy (non-hydrogen) atoms. The molecule has 0 fully saturated rings. The Balaban J connectivity index is 1.89. The summed E-state index contributed by atoms with van der Waals surface area (Å²) in [7, 11) is 0. The lowest BCUT2D eigenvalue weighted by Crippen LogP contribution is -2.63. The van der Waals surface area contributed by atoms with Crippen molar-refractivity contribution < 1.29 is 8.98 Å². The van der Waals surface area contributed by atoms with Crippen molar-refractivity contribution in [1.82, 2.24) is 0 Å². The number of hydrogen-bond donors (Lipinski definition) is 0. The molecule has 0 saturated carbocycles. The minimum atomic E-state index is -0.130. The summed E-state index contributed by atoms with van der Waals surface area (Å²) in [6.07, 6.45) is 4.71. The first kappa shape index (κ1) is 20.5. The molecule has 2 aromatic carbocycles. The molecule has 0 bridgehead atoms. The fourth-order valence-corrected chi connectivity index (χ4v) is 5.77. The number of aromatic nitrogens is 1. The van der Waals surface area contributed by atoms with Crippen LogP contribution in [-0.4, -0.2) is 0 Å². The molecule has 2 aliphatic rings. The van der Waals surface area contributed by atoms with Crippen molar-refractivity contribution in [2.24, 2.45) is 5.41 Å². The Morgan fingerprint density at radius 2 is 1.42 bits per heavy atom. The van der Waals surface area contributed by atoms with Crippen LogP contribution in [0, 0.1) is 5.41 Å². The highest BCUT2D eigenvalue weighted by molar-refractivity contribution is 6.06. The number of furan rings is 1. The number of allylic oxidation sites excluding steroid dienone is 1. The van der Waals surface area contributed by atoms with Gasteiger partial charge in [-0.05, 0) is 47.6 Å². The second-order valence-electron chi connectivity index (χ2n) is 11.7. The molecule has 2 aromatic heterocycles. The van der Waals surface area contributed by atoms with Crippen molar-refractivity contribution in [1.29, 1.82) is 0 Å². The molecular formula is C31H32NO+. The SMILES string of the molecule is CC(C)(C)c1cc[n+]2c3c4c(oc13)-c1ccccc1-c1ccccc1C=C4C(C)(C)C2(C)C. The molecule has 0 N–H and O–H groups in total. The summed E-state index contributed by atoms with van der Waals surface area (Å²) in [5, 5.41) is 0. The summed E-state index contributed by atoms with van der Waals surface area (Å²) in [6, 6.07) is 19.7. The molecule has 1 aliphatic carbocycles. The average Bonchev–Trinajstić information content (AvgIpc) is 3.13. The molecular weight excluding hydrogens is 402 g/mol. The van der Waals surface area contributed by atoms with E-state index in [1.54, 1.807) is 0 Å². The topological polar surface area (TPSA) is 17.0 Å². The fourth-order valence-electron chi connectivity index (χ4n) is 5.77. The van der Waals surface area contributed by atoms with Gasteiger partial charge in [0, 0.05) is 31.0 Å². The van der Waals surface area contributed by atoms with Crippen LogP contribution < -0.4 is 4.57 Å². The first-order valence-corrected chi connectivity index (χ1v) is 12.0. The van der Waals surface area contributed by atoms with E-state index >= 15 is 0 Å². The van der Waals surface area contributed by atoms with Gasteiger partial charge < -0.3 is 4.42 Å². The van der Waals surface area contributed by atoms with Gasteiger partial charge in [0.05, 0.1) is 11.0 Å². The maximum atomic E-state index is 6.94. The Hall–Kier alpha value is -3.13. The van der Waals surface area contributed by atoms with Crippen LogP contribution in [0.2, 0.25) is 0 Å². The maximum absolute atomic E-state index is 6.94. The Morgan fingerprint density at radius 1 is 0.788 bits per heavy atom. The van der Waals surface area contributed by atoms with Crippen LogP contribution in [0.1, 0.15) is 65.2 Å². The number of rotatable bonds is 0. The van der Waals surface area contributed by atoms with E-state index in [2.05, 4.69) is 120 Å². The molecule has 0 atom stereocenters. The van der Waals surface area contributed by atoms with Crippen molar-refractivity contribution in [2.75, 3.05) is 0 Å². The highest BCUT2D eigenvalue weighted by atomic mass is 16.3. The standard InChI is InChI=1S/C31H32NO/c1-29(2,3)23-16-17-32-26-25-24(30(4,5)31(32,6)7)18-19-12-8-9-13-20(19)21-14-10-11-15-22(21)27(25)33-28(23)26/h8-18H,1-7H3/q+1. The zero-order valence-corrected chi connectivity index (χ0v) is 20.7. The van der Waals surface area contributed by atoms with Crippen molar-refractivity contribution in [2.45, 2.75) is 59.4 Å². The van der Waals surface area contributed by atoms with E-state index in [0.717, 1.165) is 11.3 Å². The van der Waals surface area contributed by atoms with Gasteiger partial charge in [0.15, 0.2) is 11.7 Å². The highest BCUT2D eigenvalue weighted by Crippen LogP contribution is 2.56. The quantitative estimate of drug-likeness (QED) is 0.256. The lowest BCUT2D eigenvalue weighted by atomic mass is 9.63. The van der Waals surface area contributed by atoms with E-state index in [0.29, 0.717) is 0 Å². The molecule has 4 aromatic rings. The van der Waals surface area contributed by atoms with Gasteiger partial charge in [-0.25, -0.2) is 0 Å². The molecule has 0 amide bonds. The van der Waals surface area contributed by atoms with E-state index < -0.39 is 0 Å². The minimum Gasteiger partial charge on any atom is -0.448 e. The smallest absolute Gasteiger partial charge is 0.260 e. The normalized spacial score (nSPS) is 17.6. The van der Waals surface area contributed by atoms with E-state index in [-0.39, 0.29) is 16.4 Å². The molecule has 0 unspecified atom stereocenters. The van der Waals surface area contributed by atoms with Gasteiger partial charge >= 0.3 is 0 Å². The molecule has 166 valence electrons. The van der Waals surface area contributed by atoms with E-state index in [4.69, 9.17) is 4.42 Å². The van der Waals surface area contributed by atoms with Gasteiger partial charge in [0.1, 0.15) is 5.76 Å². The predicted molar refractivity (Wildman–Crippen MR) is 137 cm³/mol. The summed E-state index contributed by atoms with van der Waals surface area (Å²) < 4.78 is 9.41. The van der Waals surface area contributed by atoms with Crippen LogP contribution in [0.15, 0.2) is 65.2 Å². The third-order valence-electron chi connectivity index (χ3n) is 8.36. The summed E-state index contributed by atoms with van der Waals surface area (Å²) in [4.78, 5) is 0. The van der Waals surface area contributed by atoms with E-state index in [1.165, 1.54) is 44.5 Å². The van der Waals surface area contributed by atoms with Gasteiger partial charge in [0.2, 0.25) is 5.58 Å². The molecule has 0 spiro atoms. The van der Waals surface area contributed by atoms with Crippen LogP contribution in [0.5, 0.6) is 0 Å². The molecule has 2 nitrogen and oxygen atoms in total. The molecule has 0 saturated heterocycles. The second kappa shape index (κ2) is 6.26. The van der Waals surface area contributed by atoms with E-state index in [9.17, 15) is 0 Å². The van der Waals surface area contributed by atoms with Gasteiger partial charge in [0.25, 0.3) is 5.52 Å². The Morgan fingerprint density at radius 3 is 2.12 bits per heavy atom. The second-order valence-corrected chi connectivity index (χ2v) is 11.7. The van der Waals surface area contributed by atoms with Crippen molar-refractivity contribution in [3.8, 4) is 22.5 Å². The minimum absolute atomic E-state index is 0.0187. The molecule has 0 radical (unpaired) electrons. The first-order valence-electron chi connectivity index (χ1n) is 12.0. The van der Waals surface area contributed by atoms with Gasteiger partial charge in [-0.1, -0.05) is 69.3 Å². The monoisotopic (exact) mass is 434 g/mol. The van der Waals surface area contributed by atoms with Crippen LogP contribution >= 0.6 is 0 Å². The number of pyridine rings is 1. The van der Waals surface area contributed by atoms with Crippen molar-refractivity contribution in [3.63, 3.8) is 0 Å². The number of hydrogen-bond acceptors (Lipinski definition) is 1. The van der Waals surface area contributed by atoms with Crippen LogP contribution in [-0.2, 0) is 11.0 Å². The van der Waals surface area contributed by atoms with Crippen molar-refractivity contribution in [3.05, 3.63) is 77.5 Å². The summed E-state index contributed by atoms with van der Waals surface area (Å²) in [5.41, 5.74) is 10.8. The molecule has 6 rings (SSSR count). The van der Waals surface area contributed by atoms with Gasteiger partial charge in [-0.15, -0.1) is 0 Å². The van der Waals surface area contributed by atoms with Crippen LogP contribution in [0.3, 0.4) is 0 Å². The summed E-state index contributed by atoms with van der Waals surface area (Å²) >= 11 is 0. The zero-order valence-electron chi connectivity index (χ0n) is 20.7. The molecule has 2 heteroatoms. The number of fused-ring (bicyclic) bond motifs is 4. The van der Waals surface area contributed by atoms with Crippen molar-refractivity contribution >= 4 is 22.7 Å². The Kier molecular flexibility index (Phi) is 3.88. The third-order valence-corrected chi connectivity index (χ3v) is 8.36. The average molecular weight is 435 g/mol. The Bertz CT molecular complexity index is 1490. The van der Waals surface area contributed by atoms with Gasteiger partial charge in [-0.3, -0.25) is 0 Å². The molecule has 1 aliphatic heterocycles. The summed E-state index contributed by atoms with van der Waals surface area (Å²) in [6.45, 7) is 16.3. The van der Waals surface area contributed by atoms with Crippen LogP contribution in [0.25, 0.3) is 45.2 Å². The predicted octanol–water partition coefficient (Wildman–Crippen LogP) is 7.98. The highest BCUT2D eigenvalue weighted by Gasteiger charge is 2.55. The van der Waals surface area contributed by atoms with Gasteiger partial charge in [-0.2, -0.15) is 4.57 Å². The number of benzene rings is 2. The van der Waals surface area contributed by atoms with E-state index in [1.807, 2.05) is 0 Å². The largest absolute Gasteiger partial charge is 0.448 e. The van der Waals surface area contributed by atoms with Crippen LogP contribution in [0.4, 0.5) is 0 Å². The lowest BCUT2D eigenvalue weighted by molar-refractivity contribution is -0.749. The summed E-state index contributed by atoms with van der Waals surface area (Å²) in [5.74, 6) is 0.996. The molecule has 3 heterocycles. The number of nitrogens with zero attached hydrogens (tertiary/aromatic N) is 1. The first-order chi connectivity index (χ1) is 15.5. The maximum Gasteiger partial charge on any atom is 0.260 e. The third kappa shape index (κ3) is 2.52. The zero-order chi connectivity index (χ0) is 23.3. The lowest BCUT2D eigenvalue weighted by Gasteiger charge is -2.42. The Labute approximate surface area is 196 Å². The fraction of sp³-hybridized carbons (Fsp3) is 0.323.